The summed E-state index contributed by atoms with van der Waals surface area (Å²) in [6.07, 6.45) is 0.132. The SMILES string of the molecule is CC(C)c1cnn2c(N(Cc3ccccc3)C(=O)OC(C)(C)C)cc(N[C@@H](CO[Si](C)(C)C(C)(C)C)C(O)CO)nc12. The van der Waals surface area contributed by atoms with Crippen LogP contribution in [-0.4, -0.2) is 70.2 Å². The lowest BCUT2D eigenvalue weighted by molar-refractivity contribution is 0.0575. The van der Waals surface area contributed by atoms with Gasteiger partial charge < -0.3 is 24.7 Å². The number of hydrogen-bond acceptors (Lipinski definition) is 8. The number of hydrogen-bond donors (Lipinski definition) is 3. The van der Waals surface area contributed by atoms with Crippen LogP contribution >= 0.6 is 0 Å². The number of aliphatic hydroxyl groups is 2. The van der Waals surface area contributed by atoms with E-state index in [-0.39, 0.29) is 24.1 Å². The van der Waals surface area contributed by atoms with Gasteiger partial charge in [-0.2, -0.15) is 9.61 Å². The van der Waals surface area contributed by atoms with E-state index < -0.39 is 38.8 Å². The third kappa shape index (κ3) is 8.31. The van der Waals surface area contributed by atoms with Crippen LogP contribution in [0.1, 0.15) is 72.4 Å². The van der Waals surface area contributed by atoms with Crippen LogP contribution in [0.3, 0.4) is 0 Å². The van der Waals surface area contributed by atoms with Crippen LogP contribution in [0.5, 0.6) is 0 Å². The molecule has 0 saturated heterocycles. The minimum absolute atomic E-state index is 0.0266. The lowest BCUT2D eigenvalue weighted by Gasteiger charge is -2.38. The highest BCUT2D eigenvalue weighted by atomic mass is 28.4. The van der Waals surface area contributed by atoms with Crippen LogP contribution < -0.4 is 10.2 Å². The van der Waals surface area contributed by atoms with Gasteiger partial charge in [0, 0.05) is 11.6 Å². The predicted molar refractivity (Wildman–Crippen MR) is 170 cm³/mol. The molecule has 0 aliphatic carbocycles. The average molecular weight is 600 g/mol. The maximum Gasteiger partial charge on any atom is 0.416 e. The highest BCUT2D eigenvalue weighted by Crippen LogP contribution is 2.37. The van der Waals surface area contributed by atoms with E-state index in [0.717, 1.165) is 11.1 Å². The Labute approximate surface area is 251 Å². The highest BCUT2D eigenvalue weighted by molar-refractivity contribution is 6.74. The number of amides is 1. The molecule has 11 heteroatoms. The molecule has 10 nitrogen and oxygen atoms in total. The summed E-state index contributed by atoms with van der Waals surface area (Å²) in [5.74, 6) is 0.982. The van der Waals surface area contributed by atoms with Crippen LogP contribution in [0, 0.1) is 0 Å². The topological polar surface area (TPSA) is 121 Å². The summed E-state index contributed by atoms with van der Waals surface area (Å²) in [7, 11) is -2.15. The molecule has 2 aromatic heterocycles. The number of rotatable bonds is 11. The lowest BCUT2D eigenvalue weighted by Crippen LogP contribution is -2.47. The second-order valence-corrected chi connectivity index (χ2v) is 18.4. The van der Waals surface area contributed by atoms with Crippen molar-refractivity contribution in [1.82, 2.24) is 14.6 Å². The Bertz CT molecular complexity index is 1330. The van der Waals surface area contributed by atoms with Crippen LogP contribution in [0.25, 0.3) is 5.65 Å². The lowest BCUT2D eigenvalue weighted by atomic mass is 10.1. The van der Waals surface area contributed by atoms with E-state index in [1.54, 1.807) is 21.7 Å². The van der Waals surface area contributed by atoms with Gasteiger partial charge in [-0.15, -0.1) is 0 Å². The number of ether oxygens (including phenoxy) is 1. The van der Waals surface area contributed by atoms with Crippen molar-refractivity contribution in [1.29, 1.82) is 0 Å². The van der Waals surface area contributed by atoms with Crippen molar-refractivity contribution >= 4 is 31.7 Å². The molecule has 0 aliphatic rings. The average Bonchev–Trinajstić information content (AvgIpc) is 3.32. The van der Waals surface area contributed by atoms with Gasteiger partial charge in [0.1, 0.15) is 17.2 Å². The van der Waals surface area contributed by atoms with Gasteiger partial charge in [-0.25, -0.2) is 9.78 Å². The molecule has 1 aromatic carbocycles. The van der Waals surface area contributed by atoms with Gasteiger partial charge >= 0.3 is 6.09 Å². The number of aromatic nitrogens is 3. The van der Waals surface area contributed by atoms with Crippen molar-refractivity contribution in [2.45, 2.75) is 104 Å². The first-order valence-corrected chi connectivity index (χ1v) is 17.5. The molecule has 0 aliphatic heterocycles. The number of carbonyl (C=O) groups excluding carboxylic acids is 1. The zero-order valence-electron chi connectivity index (χ0n) is 26.8. The highest BCUT2D eigenvalue weighted by Gasteiger charge is 2.38. The summed E-state index contributed by atoms with van der Waals surface area (Å²) in [6, 6.07) is 10.7. The Balaban J connectivity index is 2.13. The first kappa shape index (κ1) is 33.5. The zero-order chi connectivity index (χ0) is 31.5. The van der Waals surface area contributed by atoms with Crippen molar-refractivity contribution in [3.63, 3.8) is 0 Å². The van der Waals surface area contributed by atoms with Crippen LogP contribution in [0.4, 0.5) is 16.4 Å². The largest absolute Gasteiger partial charge is 0.443 e. The van der Waals surface area contributed by atoms with Crippen molar-refractivity contribution in [3.8, 4) is 0 Å². The summed E-state index contributed by atoms with van der Waals surface area (Å²) in [5.41, 5.74) is 1.68. The van der Waals surface area contributed by atoms with E-state index in [2.05, 4.69) is 58.1 Å². The van der Waals surface area contributed by atoms with E-state index in [1.165, 1.54) is 0 Å². The predicted octanol–water partition coefficient (Wildman–Crippen LogP) is 5.95. The molecule has 3 rings (SSSR count). The molecular formula is C31H49N5O5Si. The number of anilines is 2. The fourth-order valence-corrected chi connectivity index (χ4v) is 5.07. The van der Waals surface area contributed by atoms with Gasteiger partial charge in [0.05, 0.1) is 38.1 Å². The summed E-state index contributed by atoms with van der Waals surface area (Å²) >= 11 is 0. The first-order valence-electron chi connectivity index (χ1n) is 14.6. The standard InChI is InChI=1S/C31H49N5O5Si/c1-21(2)23-17-32-36-27(35(29(39)41-30(3,4)5)18-22-14-12-11-13-15-22)16-26(34-28(23)36)33-24(25(38)19-37)20-40-42(9,10)31(6,7)8/h11-17,21,24-25,37-38H,18-20H2,1-10H3,(H,33,34)/t24-,25?/m0/s1. The Hall–Kier alpha value is -2.99. The molecule has 1 amide bonds. The molecule has 0 fully saturated rings. The van der Waals surface area contributed by atoms with E-state index >= 15 is 0 Å². The third-order valence-electron chi connectivity index (χ3n) is 7.59. The summed E-state index contributed by atoms with van der Waals surface area (Å²) in [6.45, 7) is 20.3. The molecule has 2 heterocycles. The van der Waals surface area contributed by atoms with E-state index in [9.17, 15) is 15.0 Å². The van der Waals surface area contributed by atoms with Crippen molar-refractivity contribution in [3.05, 3.63) is 53.7 Å². The van der Waals surface area contributed by atoms with Crippen molar-refractivity contribution in [2.75, 3.05) is 23.4 Å². The van der Waals surface area contributed by atoms with Crippen molar-refractivity contribution in [2.24, 2.45) is 0 Å². The van der Waals surface area contributed by atoms with Gasteiger partial charge in [0.15, 0.2) is 14.0 Å². The molecular weight excluding hydrogens is 550 g/mol. The Kier molecular flexibility index (Phi) is 10.5. The fraction of sp³-hybridized carbons (Fsp3) is 0.581. The summed E-state index contributed by atoms with van der Waals surface area (Å²) in [5, 5.41) is 28.5. The molecule has 42 heavy (non-hydrogen) atoms. The second-order valence-electron chi connectivity index (χ2n) is 13.6. The first-order chi connectivity index (χ1) is 19.4. The van der Waals surface area contributed by atoms with E-state index in [1.807, 2.05) is 51.1 Å². The minimum Gasteiger partial charge on any atom is -0.443 e. The third-order valence-corrected chi connectivity index (χ3v) is 12.1. The van der Waals surface area contributed by atoms with E-state index in [0.29, 0.717) is 17.3 Å². The molecule has 0 bridgehead atoms. The van der Waals surface area contributed by atoms with Crippen LogP contribution in [0.2, 0.25) is 18.1 Å². The molecule has 0 radical (unpaired) electrons. The monoisotopic (exact) mass is 599 g/mol. The molecule has 232 valence electrons. The van der Waals surface area contributed by atoms with Gasteiger partial charge in [-0.1, -0.05) is 65.0 Å². The Morgan fingerprint density at radius 2 is 1.76 bits per heavy atom. The number of fused-ring (bicyclic) bond motifs is 1. The molecule has 0 spiro atoms. The minimum atomic E-state index is -2.15. The number of nitrogens with zero attached hydrogens (tertiary/aromatic N) is 4. The number of benzene rings is 1. The summed E-state index contributed by atoms with van der Waals surface area (Å²) in [4.78, 5) is 20.1. The number of aliphatic hydroxyl groups excluding tert-OH is 2. The summed E-state index contributed by atoms with van der Waals surface area (Å²) < 4.78 is 13.9. The second kappa shape index (κ2) is 13.1. The molecule has 2 atom stereocenters. The number of carbonyl (C=O) groups is 1. The van der Waals surface area contributed by atoms with Gasteiger partial charge in [0.25, 0.3) is 0 Å². The molecule has 3 aromatic rings. The maximum atomic E-state index is 13.7. The quantitative estimate of drug-likeness (QED) is 0.231. The van der Waals surface area contributed by atoms with Gasteiger partial charge in [0.2, 0.25) is 0 Å². The van der Waals surface area contributed by atoms with Crippen LogP contribution in [-0.2, 0) is 15.7 Å². The van der Waals surface area contributed by atoms with Gasteiger partial charge in [-0.05, 0) is 50.4 Å². The molecule has 0 saturated carbocycles. The molecule has 1 unspecified atom stereocenters. The number of nitrogens with one attached hydrogen (secondary N) is 1. The fourth-order valence-electron chi connectivity index (χ4n) is 4.04. The molecule has 3 N–H and O–H groups in total. The van der Waals surface area contributed by atoms with Crippen LogP contribution in [0.15, 0.2) is 42.6 Å². The maximum absolute atomic E-state index is 13.7. The van der Waals surface area contributed by atoms with Crippen molar-refractivity contribution < 1.29 is 24.2 Å². The Morgan fingerprint density at radius 1 is 1.12 bits per heavy atom. The normalized spacial score (nSPS) is 14.2. The smallest absolute Gasteiger partial charge is 0.416 e. The van der Waals surface area contributed by atoms with E-state index in [4.69, 9.17) is 14.1 Å². The Morgan fingerprint density at radius 3 is 2.31 bits per heavy atom. The zero-order valence-corrected chi connectivity index (χ0v) is 27.8. The van der Waals surface area contributed by atoms with Gasteiger partial charge in [-0.3, -0.25) is 4.90 Å².